The molecule has 5 nitrogen and oxygen atoms in total. The number of likely N-dealkylation sites (N-methyl/N-ethyl adjacent to an activating group) is 1. The number of fused-ring (bicyclic) bond motifs is 1. The van der Waals surface area contributed by atoms with Crippen molar-refractivity contribution in [2.24, 2.45) is 0 Å². The molecular weight excluding hydrogens is 280 g/mol. The fraction of sp³-hybridized carbons (Fsp3) is 0.412. The van der Waals surface area contributed by atoms with Gasteiger partial charge in [-0.25, -0.2) is 0 Å². The van der Waals surface area contributed by atoms with E-state index in [0.717, 1.165) is 23.0 Å². The molecule has 5 heteroatoms. The highest BCUT2D eigenvalue weighted by Crippen LogP contribution is 2.23. The zero-order chi connectivity index (χ0) is 16.1. The number of benzene rings is 1. The van der Waals surface area contributed by atoms with Gasteiger partial charge in [-0.05, 0) is 31.9 Å². The molecule has 2 N–H and O–H groups in total. The van der Waals surface area contributed by atoms with Crippen molar-refractivity contribution in [2.45, 2.75) is 39.7 Å². The molecule has 1 unspecified atom stereocenters. The van der Waals surface area contributed by atoms with Crippen LogP contribution in [0.2, 0.25) is 0 Å². The minimum absolute atomic E-state index is 0.180. The summed E-state index contributed by atoms with van der Waals surface area (Å²) >= 11 is 0. The van der Waals surface area contributed by atoms with Crippen molar-refractivity contribution in [3.8, 4) is 0 Å². The molecule has 2 amide bonds. The first-order chi connectivity index (χ1) is 10.5. The first kappa shape index (κ1) is 16.1. The van der Waals surface area contributed by atoms with Crippen LogP contribution in [0.1, 0.15) is 31.9 Å². The maximum Gasteiger partial charge on any atom is 0.242 e. The van der Waals surface area contributed by atoms with E-state index < -0.39 is 6.04 Å². The van der Waals surface area contributed by atoms with Crippen LogP contribution in [-0.4, -0.2) is 24.4 Å². The third-order valence-electron chi connectivity index (χ3n) is 3.60. The molecule has 1 aromatic heterocycles. The third kappa shape index (κ3) is 3.67. The van der Waals surface area contributed by atoms with E-state index in [1.807, 2.05) is 25.1 Å². The fourth-order valence-corrected chi connectivity index (χ4v) is 2.34. The van der Waals surface area contributed by atoms with Crippen molar-refractivity contribution in [3.05, 3.63) is 35.6 Å². The lowest BCUT2D eigenvalue weighted by molar-refractivity contribution is -0.128. The summed E-state index contributed by atoms with van der Waals surface area (Å²) in [6.07, 6.45) is 2.75. The zero-order valence-electron chi connectivity index (χ0n) is 13.2. The lowest BCUT2D eigenvalue weighted by Gasteiger charge is -2.12. The van der Waals surface area contributed by atoms with Crippen LogP contribution < -0.4 is 10.6 Å². The molecule has 0 aliphatic rings. The minimum atomic E-state index is -0.544. The van der Waals surface area contributed by atoms with E-state index in [2.05, 4.69) is 17.6 Å². The van der Waals surface area contributed by atoms with Gasteiger partial charge in [0.15, 0.2) is 0 Å². The van der Waals surface area contributed by atoms with E-state index in [4.69, 9.17) is 4.42 Å². The van der Waals surface area contributed by atoms with Gasteiger partial charge in [-0.2, -0.15) is 0 Å². The molecule has 0 saturated carbocycles. The average Bonchev–Trinajstić information content (AvgIpc) is 2.89. The number of aryl methyl sites for hydroxylation is 1. The maximum absolute atomic E-state index is 12.1. The molecule has 2 aromatic rings. The number of rotatable bonds is 6. The van der Waals surface area contributed by atoms with Crippen molar-refractivity contribution in [1.82, 2.24) is 10.6 Å². The number of nitrogens with one attached hydrogen (secondary N) is 2. The van der Waals surface area contributed by atoms with Gasteiger partial charge >= 0.3 is 0 Å². The Morgan fingerprint density at radius 3 is 2.73 bits per heavy atom. The third-order valence-corrected chi connectivity index (χ3v) is 3.60. The summed E-state index contributed by atoms with van der Waals surface area (Å²) in [5.74, 6) is -0.374. The number of hydrogen-bond donors (Lipinski definition) is 2. The molecule has 0 fully saturated rings. The Hall–Kier alpha value is -2.30. The highest BCUT2D eigenvalue weighted by molar-refractivity contribution is 5.91. The lowest BCUT2D eigenvalue weighted by Crippen LogP contribution is -2.45. The number of carbonyl (C=O) groups is 2. The van der Waals surface area contributed by atoms with E-state index in [9.17, 15) is 9.59 Å². The highest BCUT2D eigenvalue weighted by atomic mass is 16.3. The highest BCUT2D eigenvalue weighted by Gasteiger charge is 2.16. The Kier molecular flexibility index (Phi) is 5.20. The van der Waals surface area contributed by atoms with Gasteiger partial charge in [0.1, 0.15) is 11.6 Å². The van der Waals surface area contributed by atoms with E-state index in [1.54, 1.807) is 13.2 Å². The van der Waals surface area contributed by atoms with E-state index in [1.165, 1.54) is 5.56 Å². The monoisotopic (exact) mass is 302 g/mol. The zero-order valence-corrected chi connectivity index (χ0v) is 13.2. The summed E-state index contributed by atoms with van der Waals surface area (Å²) in [6, 6.07) is 5.47. The van der Waals surface area contributed by atoms with Crippen molar-refractivity contribution < 1.29 is 14.0 Å². The molecule has 1 atom stereocenters. The molecule has 0 aliphatic carbocycles. The van der Waals surface area contributed by atoms with Crippen molar-refractivity contribution in [3.63, 3.8) is 0 Å². The van der Waals surface area contributed by atoms with Gasteiger partial charge in [0, 0.05) is 17.5 Å². The Morgan fingerprint density at radius 2 is 2.05 bits per heavy atom. The molecular formula is C17H22N2O3. The average molecular weight is 302 g/mol. The van der Waals surface area contributed by atoms with E-state index in [0.29, 0.717) is 6.54 Å². The molecule has 0 aliphatic heterocycles. The van der Waals surface area contributed by atoms with Gasteiger partial charge in [-0.3, -0.25) is 9.59 Å². The second kappa shape index (κ2) is 7.11. The van der Waals surface area contributed by atoms with Crippen LogP contribution in [-0.2, 0) is 22.4 Å². The maximum atomic E-state index is 12.1. The number of furan rings is 1. The van der Waals surface area contributed by atoms with Crippen LogP contribution >= 0.6 is 0 Å². The fourth-order valence-electron chi connectivity index (χ4n) is 2.34. The number of amides is 2. The van der Waals surface area contributed by atoms with Crippen LogP contribution in [0.5, 0.6) is 0 Å². The Bertz CT molecular complexity index is 676. The molecule has 118 valence electrons. The van der Waals surface area contributed by atoms with Crippen LogP contribution in [0.4, 0.5) is 0 Å². The Balaban J connectivity index is 2.04. The van der Waals surface area contributed by atoms with E-state index in [-0.39, 0.29) is 18.2 Å². The van der Waals surface area contributed by atoms with Gasteiger partial charge in [0.05, 0.1) is 12.7 Å². The summed E-state index contributed by atoms with van der Waals surface area (Å²) in [5.41, 5.74) is 2.82. The minimum Gasteiger partial charge on any atom is -0.464 e. The van der Waals surface area contributed by atoms with Crippen LogP contribution in [0.15, 0.2) is 28.9 Å². The standard InChI is InChI=1S/C17H22N2O3/c1-4-12-6-7-14-13(10-22-15(14)8-12)9-16(20)19-11(3)17(21)18-5-2/h6-8,10-11H,4-5,9H2,1-3H3,(H,18,21)(H,19,20). The molecule has 0 bridgehead atoms. The molecule has 0 radical (unpaired) electrons. The van der Waals surface area contributed by atoms with Crippen molar-refractivity contribution in [1.29, 1.82) is 0 Å². The predicted octanol–water partition coefficient (Wildman–Crippen LogP) is 2.18. The molecule has 2 rings (SSSR count). The van der Waals surface area contributed by atoms with Crippen LogP contribution in [0.25, 0.3) is 11.0 Å². The van der Waals surface area contributed by atoms with Crippen molar-refractivity contribution >= 4 is 22.8 Å². The Morgan fingerprint density at radius 1 is 1.27 bits per heavy atom. The summed E-state index contributed by atoms with van der Waals surface area (Å²) in [7, 11) is 0. The molecule has 22 heavy (non-hydrogen) atoms. The van der Waals surface area contributed by atoms with Crippen LogP contribution in [0.3, 0.4) is 0 Å². The van der Waals surface area contributed by atoms with Crippen molar-refractivity contribution in [2.75, 3.05) is 6.54 Å². The first-order valence-electron chi connectivity index (χ1n) is 7.61. The quantitative estimate of drug-likeness (QED) is 0.859. The summed E-state index contributed by atoms with van der Waals surface area (Å²) < 4.78 is 5.52. The van der Waals surface area contributed by atoms with Crippen LogP contribution in [0, 0.1) is 0 Å². The van der Waals surface area contributed by atoms with E-state index >= 15 is 0 Å². The topological polar surface area (TPSA) is 71.3 Å². The Labute approximate surface area is 130 Å². The van der Waals surface area contributed by atoms with Gasteiger partial charge in [-0.15, -0.1) is 0 Å². The molecule has 1 heterocycles. The second-order valence-corrected chi connectivity index (χ2v) is 5.31. The number of hydrogen-bond acceptors (Lipinski definition) is 3. The number of carbonyl (C=O) groups excluding carboxylic acids is 2. The predicted molar refractivity (Wildman–Crippen MR) is 85.6 cm³/mol. The first-order valence-corrected chi connectivity index (χ1v) is 7.61. The van der Waals surface area contributed by atoms with Gasteiger partial charge < -0.3 is 15.1 Å². The molecule has 0 spiro atoms. The molecule has 0 saturated heterocycles. The van der Waals surface area contributed by atoms with Gasteiger partial charge in [0.25, 0.3) is 0 Å². The normalized spacial score (nSPS) is 12.1. The molecule has 1 aromatic carbocycles. The summed E-state index contributed by atoms with van der Waals surface area (Å²) in [4.78, 5) is 23.7. The van der Waals surface area contributed by atoms with Gasteiger partial charge in [-0.1, -0.05) is 19.1 Å². The largest absolute Gasteiger partial charge is 0.464 e. The van der Waals surface area contributed by atoms with Gasteiger partial charge in [0.2, 0.25) is 11.8 Å². The SMILES string of the molecule is CCNC(=O)C(C)NC(=O)Cc1coc2cc(CC)ccc12. The summed E-state index contributed by atoms with van der Waals surface area (Å²) in [5, 5.41) is 6.32. The second-order valence-electron chi connectivity index (χ2n) is 5.31. The summed E-state index contributed by atoms with van der Waals surface area (Å²) in [6.45, 7) is 6.14. The lowest BCUT2D eigenvalue weighted by atomic mass is 10.1. The smallest absolute Gasteiger partial charge is 0.242 e.